The van der Waals surface area contributed by atoms with E-state index in [-0.39, 0.29) is 5.56 Å². The van der Waals surface area contributed by atoms with Gasteiger partial charge in [0.05, 0.1) is 11.4 Å². The molecule has 4 rings (SSSR count). The average molecular weight is 393 g/mol. The van der Waals surface area contributed by atoms with Gasteiger partial charge in [0.2, 0.25) is 0 Å². The van der Waals surface area contributed by atoms with Crippen molar-refractivity contribution >= 4 is 33.7 Å². The standard InChI is InChI=1S/C19H13BrN4O/c20-15-4-7-17(8-5-15)23-11-9-18-22-16(12-19(25)24(18)23)6-3-14-2-1-10-21-13-14/h1-13H/b6-3+. The summed E-state index contributed by atoms with van der Waals surface area (Å²) in [6.07, 6.45) is 9.01. The fourth-order valence-electron chi connectivity index (χ4n) is 2.58. The van der Waals surface area contributed by atoms with Gasteiger partial charge in [0.15, 0.2) is 5.65 Å². The topological polar surface area (TPSA) is 52.2 Å². The van der Waals surface area contributed by atoms with Gasteiger partial charge >= 0.3 is 0 Å². The summed E-state index contributed by atoms with van der Waals surface area (Å²) < 4.78 is 4.32. The Labute approximate surface area is 152 Å². The lowest BCUT2D eigenvalue weighted by Crippen LogP contribution is -2.19. The Balaban J connectivity index is 1.76. The smallest absolute Gasteiger partial charge is 0.267 e. The van der Waals surface area contributed by atoms with Crippen molar-refractivity contribution in [3.05, 3.63) is 93.2 Å². The summed E-state index contributed by atoms with van der Waals surface area (Å²) in [5.74, 6) is 0. The van der Waals surface area contributed by atoms with Crippen LogP contribution in [0.4, 0.5) is 0 Å². The highest BCUT2D eigenvalue weighted by molar-refractivity contribution is 9.10. The first-order valence-corrected chi connectivity index (χ1v) is 8.45. The highest BCUT2D eigenvalue weighted by atomic mass is 79.9. The van der Waals surface area contributed by atoms with Gasteiger partial charge in [-0.2, -0.15) is 4.52 Å². The molecular formula is C19H13BrN4O. The van der Waals surface area contributed by atoms with E-state index in [4.69, 9.17) is 0 Å². The van der Waals surface area contributed by atoms with Gasteiger partial charge in [-0.25, -0.2) is 4.98 Å². The number of benzene rings is 1. The van der Waals surface area contributed by atoms with Crippen molar-refractivity contribution in [1.82, 2.24) is 19.2 Å². The summed E-state index contributed by atoms with van der Waals surface area (Å²) >= 11 is 3.42. The minimum Gasteiger partial charge on any atom is -0.267 e. The number of aromatic nitrogens is 4. The Kier molecular flexibility index (Phi) is 4.03. The molecule has 0 saturated carbocycles. The van der Waals surface area contributed by atoms with Crippen LogP contribution < -0.4 is 5.56 Å². The van der Waals surface area contributed by atoms with Crippen LogP contribution in [0.2, 0.25) is 0 Å². The molecule has 5 nitrogen and oxygen atoms in total. The van der Waals surface area contributed by atoms with Crippen molar-refractivity contribution in [3.8, 4) is 5.69 Å². The number of fused-ring (bicyclic) bond motifs is 1. The summed E-state index contributed by atoms with van der Waals surface area (Å²) in [7, 11) is 0. The maximum absolute atomic E-state index is 12.6. The zero-order chi connectivity index (χ0) is 17.2. The van der Waals surface area contributed by atoms with Crippen LogP contribution in [-0.4, -0.2) is 19.2 Å². The molecule has 0 atom stereocenters. The van der Waals surface area contributed by atoms with Crippen LogP contribution >= 0.6 is 15.9 Å². The van der Waals surface area contributed by atoms with Crippen molar-refractivity contribution in [3.63, 3.8) is 0 Å². The third-order valence-corrected chi connectivity index (χ3v) is 4.27. The number of rotatable bonds is 3. The van der Waals surface area contributed by atoms with E-state index >= 15 is 0 Å². The minimum absolute atomic E-state index is 0.135. The molecule has 1 aromatic carbocycles. The van der Waals surface area contributed by atoms with E-state index in [1.54, 1.807) is 21.6 Å². The van der Waals surface area contributed by atoms with Gasteiger partial charge < -0.3 is 0 Å². The first-order chi connectivity index (χ1) is 12.2. The quantitative estimate of drug-likeness (QED) is 0.532. The van der Waals surface area contributed by atoms with Gasteiger partial charge in [0, 0.05) is 35.2 Å². The normalized spacial score (nSPS) is 11.4. The molecule has 0 N–H and O–H groups in total. The predicted octanol–water partition coefficient (Wildman–Crippen LogP) is 3.81. The Morgan fingerprint density at radius 2 is 1.88 bits per heavy atom. The summed E-state index contributed by atoms with van der Waals surface area (Å²) in [5, 5.41) is 0. The zero-order valence-electron chi connectivity index (χ0n) is 13.1. The van der Waals surface area contributed by atoms with Gasteiger partial charge in [-0.05, 0) is 42.0 Å². The van der Waals surface area contributed by atoms with Gasteiger partial charge in [-0.1, -0.05) is 28.1 Å². The van der Waals surface area contributed by atoms with Gasteiger partial charge in [-0.3, -0.25) is 14.5 Å². The Morgan fingerprint density at radius 3 is 2.64 bits per heavy atom. The summed E-state index contributed by atoms with van der Waals surface area (Å²) in [6.45, 7) is 0. The Morgan fingerprint density at radius 1 is 1.04 bits per heavy atom. The third kappa shape index (κ3) is 3.16. The molecule has 0 spiro atoms. The van der Waals surface area contributed by atoms with Crippen molar-refractivity contribution in [1.29, 1.82) is 0 Å². The second-order valence-corrected chi connectivity index (χ2v) is 6.36. The zero-order valence-corrected chi connectivity index (χ0v) is 14.7. The van der Waals surface area contributed by atoms with E-state index in [9.17, 15) is 4.79 Å². The summed E-state index contributed by atoms with van der Waals surface area (Å²) in [4.78, 5) is 21.2. The van der Waals surface area contributed by atoms with Crippen molar-refractivity contribution in [2.24, 2.45) is 0 Å². The number of nitrogens with zero attached hydrogens (tertiary/aromatic N) is 4. The second-order valence-electron chi connectivity index (χ2n) is 5.45. The SMILES string of the molecule is O=c1cc(/C=C/c2cccnc2)nc2ccn(-c3ccc(Br)cc3)n12. The van der Waals surface area contributed by atoms with Crippen LogP contribution in [0.5, 0.6) is 0 Å². The highest BCUT2D eigenvalue weighted by Gasteiger charge is 2.07. The fraction of sp³-hybridized carbons (Fsp3) is 0. The van der Waals surface area contributed by atoms with Crippen LogP contribution in [0.25, 0.3) is 23.5 Å². The van der Waals surface area contributed by atoms with E-state index in [0.717, 1.165) is 15.7 Å². The first-order valence-electron chi connectivity index (χ1n) is 7.66. The van der Waals surface area contributed by atoms with Crippen LogP contribution in [0.1, 0.15) is 11.3 Å². The van der Waals surface area contributed by atoms with Crippen LogP contribution in [0.15, 0.2) is 76.4 Å². The molecule has 3 heterocycles. The number of pyridine rings is 1. The molecule has 0 fully saturated rings. The molecule has 0 aliphatic carbocycles. The van der Waals surface area contributed by atoms with Gasteiger partial charge in [0.1, 0.15) is 0 Å². The van der Waals surface area contributed by atoms with Crippen molar-refractivity contribution in [2.45, 2.75) is 0 Å². The van der Waals surface area contributed by atoms with E-state index < -0.39 is 0 Å². The Bertz CT molecular complexity index is 1110. The van der Waals surface area contributed by atoms with E-state index in [1.807, 2.05) is 60.8 Å². The molecule has 122 valence electrons. The monoisotopic (exact) mass is 392 g/mol. The maximum atomic E-state index is 12.6. The molecule has 0 amide bonds. The second kappa shape index (κ2) is 6.49. The average Bonchev–Trinajstić information content (AvgIpc) is 3.06. The summed E-state index contributed by atoms with van der Waals surface area (Å²) in [5.41, 5.74) is 2.92. The van der Waals surface area contributed by atoms with Crippen molar-refractivity contribution in [2.75, 3.05) is 0 Å². The third-order valence-electron chi connectivity index (χ3n) is 3.74. The number of hydrogen-bond donors (Lipinski definition) is 0. The first kappa shape index (κ1) is 15.5. The molecule has 0 bridgehead atoms. The van der Waals surface area contributed by atoms with Gasteiger partial charge in [0.25, 0.3) is 5.56 Å². The molecule has 0 aliphatic heterocycles. The number of halogens is 1. The van der Waals surface area contributed by atoms with E-state index in [1.165, 1.54) is 6.07 Å². The largest absolute Gasteiger partial charge is 0.273 e. The lowest BCUT2D eigenvalue weighted by Gasteiger charge is -2.06. The maximum Gasteiger partial charge on any atom is 0.273 e. The van der Waals surface area contributed by atoms with E-state index in [0.29, 0.717) is 11.3 Å². The van der Waals surface area contributed by atoms with Crippen LogP contribution in [0, 0.1) is 0 Å². The molecule has 0 saturated heterocycles. The lowest BCUT2D eigenvalue weighted by atomic mass is 10.2. The molecule has 0 radical (unpaired) electrons. The molecule has 0 unspecified atom stereocenters. The molecule has 4 aromatic rings. The summed E-state index contributed by atoms with van der Waals surface area (Å²) in [6, 6.07) is 14.9. The molecular weight excluding hydrogens is 380 g/mol. The molecule has 25 heavy (non-hydrogen) atoms. The fourth-order valence-corrected chi connectivity index (χ4v) is 2.84. The van der Waals surface area contributed by atoms with Gasteiger partial charge in [-0.15, -0.1) is 0 Å². The minimum atomic E-state index is -0.135. The van der Waals surface area contributed by atoms with Crippen LogP contribution in [-0.2, 0) is 0 Å². The molecule has 6 heteroatoms. The highest BCUT2D eigenvalue weighted by Crippen LogP contribution is 2.15. The molecule has 3 aromatic heterocycles. The van der Waals surface area contributed by atoms with Crippen LogP contribution in [0.3, 0.4) is 0 Å². The predicted molar refractivity (Wildman–Crippen MR) is 102 cm³/mol. The molecule has 0 aliphatic rings. The van der Waals surface area contributed by atoms with Crippen molar-refractivity contribution < 1.29 is 0 Å². The Hall–Kier alpha value is -2.99. The lowest BCUT2D eigenvalue weighted by molar-refractivity contribution is 0.763. The number of hydrogen-bond acceptors (Lipinski definition) is 3. The van der Waals surface area contributed by atoms with E-state index in [2.05, 4.69) is 25.9 Å².